The molecule has 0 aliphatic carbocycles. The molecule has 1 aromatic carbocycles. The highest BCUT2D eigenvalue weighted by Gasteiger charge is 2.06. The number of benzene rings is 1. The Hall–Kier alpha value is -2.21. The predicted octanol–water partition coefficient (Wildman–Crippen LogP) is 0.684. The van der Waals surface area contributed by atoms with Gasteiger partial charge in [-0.05, 0) is 18.6 Å². The smallest absolute Gasteiger partial charge is 0.246 e. The summed E-state index contributed by atoms with van der Waals surface area (Å²) in [6.07, 6.45) is 1.66. The van der Waals surface area contributed by atoms with Crippen molar-refractivity contribution in [1.82, 2.24) is 15.0 Å². The van der Waals surface area contributed by atoms with Crippen LogP contribution in [0.3, 0.4) is 0 Å². The summed E-state index contributed by atoms with van der Waals surface area (Å²) in [5, 5.41) is 10.5. The van der Waals surface area contributed by atoms with E-state index in [1.54, 1.807) is 6.20 Å². The van der Waals surface area contributed by atoms with Crippen LogP contribution in [0, 0.1) is 6.92 Å². The third-order valence-electron chi connectivity index (χ3n) is 2.52. The maximum absolute atomic E-state index is 11.8. The predicted molar refractivity (Wildman–Crippen MR) is 67.7 cm³/mol. The highest BCUT2D eigenvalue weighted by atomic mass is 16.2. The quantitative estimate of drug-likeness (QED) is 0.829. The Balaban J connectivity index is 1.99. The van der Waals surface area contributed by atoms with Crippen molar-refractivity contribution in [3.63, 3.8) is 0 Å². The molecule has 1 heterocycles. The molecule has 0 radical (unpaired) electrons. The van der Waals surface area contributed by atoms with E-state index in [2.05, 4.69) is 15.6 Å². The summed E-state index contributed by atoms with van der Waals surface area (Å²) in [5.41, 5.74) is 7.91. The minimum absolute atomic E-state index is 0.126. The largest absolute Gasteiger partial charge is 0.325 e. The average Bonchev–Trinajstić information content (AvgIpc) is 2.80. The van der Waals surface area contributed by atoms with Crippen molar-refractivity contribution in [3.8, 4) is 0 Å². The maximum Gasteiger partial charge on any atom is 0.246 e. The van der Waals surface area contributed by atoms with Crippen LogP contribution in [-0.2, 0) is 17.9 Å². The first-order chi connectivity index (χ1) is 8.69. The zero-order valence-electron chi connectivity index (χ0n) is 10.1. The molecule has 3 N–H and O–H groups in total. The zero-order valence-corrected chi connectivity index (χ0v) is 10.1. The number of amides is 1. The lowest BCUT2D eigenvalue weighted by Gasteiger charge is -2.07. The van der Waals surface area contributed by atoms with E-state index in [0.717, 1.165) is 11.3 Å². The highest BCUT2D eigenvalue weighted by Crippen LogP contribution is 2.12. The Labute approximate surface area is 105 Å². The summed E-state index contributed by atoms with van der Waals surface area (Å²) < 4.78 is 1.47. The summed E-state index contributed by atoms with van der Waals surface area (Å²) in [6.45, 7) is 2.39. The average molecular weight is 245 g/mol. The fraction of sp³-hybridized carbons (Fsp3) is 0.250. The van der Waals surface area contributed by atoms with Gasteiger partial charge in [-0.25, -0.2) is 4.68 Å². The van der Waals surface area contributed by atoms with Gasteiger partial charge in [0.05, 0.1) is 11.9 Å². The van der Waals surface area contributed by atoms with E-state index < -0.39 is 0 Å². The monoisotopic (exact) mass is 245 g/mol. The molecule has 94 valence electrons. The summed E-state index contributed by atoms with van der Waals surface area (Å²) >= 11 is 0. The lowest BCUT2D eigenvalue weighted by Crippen LogP contribution is -2.19. The standard InChI is InChI=1S/C12H15N5O/c1-9-4-2-3-5-11(9)14-12(18)8-17-7-10(6-13)15-16-17/h2-5,7H,6,8,13H2,1H3,(H,14,18). The second kappa shape index (κ2) is 5.42. The minimum Gasteiger partial charge on any atom is -0.325 e. The second-order valence-corrected chi connectivity index (χ2v) is 3.97. The van der Waals surface area contributed by atoms with Crippen molar-refractivity contribution in [2.45, 2.75) is 20.0 Å². The van der Waals surface area contributed by atoms with E-state index in [1.807, 2.05) is 31.2 Å². The highest BCUT2D eigenvalue weighted by molar-refractivity contribution is 5.91. The van der Waals surface area contributed by atoms with Gasteiger partial charge in [-0.15, -0.1) is 5.10 Å². The molecule has 0 aliphatic heterocycles. The van der Waals surface area contributed by atoms with Crippen LogP contribution in [0.5, 0.6) is 0 Å². The van der Waals surface area contributed by atoms with Crippen LogP contribution in [0.1, 0.15) is 11.3 Å². The molecule has 0 spiro atoms. The fourth-order valence-corrected chi connectivity index (χ4v) is 1.56. The lowest BCUT2D eigenvalue weighted by molar-refractivity contribution is -0.116. The number of nitrogens with two attached hydrogens (primary N) is 1. The third-order valence-corrected chi connectivity index (χ3v) is 2.52. The van der Waals surface area contributed by atoms with Crippen molar-refractivity contribution in [2.24, 2.45) is 5.73 Å². The molecule has 1 amide bonds. The van der Waals surface area contributed by atoms with Crippen LogP contribution >= 0.6 is 0 Å². The molecular formula is C12H15N5O. The van der Waals surface area contributed by atoms with Crippen molar-refractivity contribution < 1.29 is 4.79 Å². The van der Waals surface area contributed by atoms with Gasteiger partial charge < -0.3 is 11.1 Å². The molecule has 2 rings (SSSR count). The zero-order chi connectivity index (χ0) is 13.0. The molecule has 6 heteroatoms. The number of aromatic nitrogens is 3. The number of hydrogen-bond donors (Lipinski definition) is 2. The van der Waals surface area contributed by atoms with Crippen LogP contribution in [0.2, 0.25) is 0 Å². The molecule has 0 atom stereocenters. The molecule has 0 fully saturated rings. The van der Waals surface area contributed by atoms with Gasteiger partial charge in [0.15, 0.2) is 0 Å². The first kappa shape index (κ1) is 12.3. The number of carbonyl (C=O) groups excluding carboxylic acids is 1. The number of aryl methyl sites for hydroxylation is 1. The van der Waals surface area contributed by atoms with E-state index in [4.69, 9.17) is 5.73 Å². The lowest BCUT2D eigenvalue weighted by atomic mass is 10.2. The van der Waals surface area contributed by atoms with Gasteiger partial charge in [-0.3, -0.25) is 4.79 Å². The van der Waals surface area contributed by atoms with Crippen LogP contribution < -0.4 is 11.1 Å². The van der Waals surface area contributed by atoms with E-state index >= 15 is 0 Å². The molecule has 2 aromatic rings. The van der Waals surface area contributed by atoms with Gasteiger partial charge in [-0.1, -0.05) is 23.4 Å². The Bertz CT molecular complexity index is 549. The molecule has 0 unspecified atom stereocenters. The van der Waals surface area contributed by atoms with E-state index in [1.165, 1.54) is 4.68 Å². The van der Waals surface area contributed by atoms with Gasteiger partial charge in [0.2, 0.25) is 5.91 Å². The molecule has 6 nitrogen and oxygen atoms in total. The topological polar surface area (TPSA) is 85.8 Å². The number of nitrogens with one attached hydrogen (secondary N) is 1. The number of hydrogen-bond acceptors (Lipinski definition) is 4. The number of carbonyl (C=O) groups is 1. The summed E-state index contributed by atoms with van der Waals surface area (Å²) in [5.74, 6) is -0.141. The normalized spacial score (nSPS) is 10.3. The SMILES string of the molecule is Cc1ccccc1NC(=O)Cn1cc(CN)nn1. The molecule has 0 saturated heterocycles. The van der Waals surface area contributed by atoms with Crippen molar-refractivity contribution in [2.75, 3.05) is 5.32 Å². The first-order valence-corrected chi connectivity index (χ1v) is 5.63. The van der Waals surface area contributed by atoms with E-state index in [-0.39, 0.29) is 12.5 Å². The minimum atomic E-state index is -0.141. The van der Waals surface area contributed by atoms with Gasteiger partial charge in [-0.2, -0.15) is 0 Å². The molecule has 0 bridgehead atoms. The molecule has 0 saturated carbocycles. The Morgan fingerprint density at radius 1 is 1.44 bits per heavy atom. The van der Waals surface area contributed by atoms with Crippen molar-refractivity contribution in [1.29, 1.82) is 0 Å². The third kappa shape index (κ3) is 2.92. The Morgan fingerprint density at radius 3 is 2.89 bits per heavy atom. The number of rotatable bonds is 4. The molecule has 18 heavy (non-hydrogen) atoms. The summed E-state index contributed by atoms with van der Waals surface area (Å²) in [6, 6.07) is 7.61. The maximum atomic E-state index is 11.8. The van der Waals surface area contributed by atoms with Crippen molar-refractivity contribution >= 4 is 11.6 Å². The Morgan fingerprint density at radius 2 is 2.22 bits per heavy atom. The van der Waals surface area contributed by atoms with Crippen LogP contribution in [0.4, 0.5) is 5.69 Å². The van der Waals surface area contributed by atoms with Crippen LogP contribution in [0.15, 0.2) is 30.5 Å². The van der Waals surface area contributed by atoms with Gasteiger partial charge >= 0.3 is 0 Å². The van der Waals surface area contributed by atoms with Crippen LogP contribution in [-0.4, -0.2) is 20.9 Å². The van der Waals surface area contributed by atoms with Crippen molar-refractivity contribution in [3.05, 3.63) is 41.7 Å². The number of nitrogens with zero attached hydrogens (tertiary/aromatic N) is 3. The summed E-state index contributed by atoms with van der Waals surface area (Å²) in [7, 11) is 0. The van der Waals surface area contributed by atoms with Gasteiger partial charge in [0, 0.05) is 12.2 Å². The molecular weight excluding hydrogens is 230 g/mol. The molecule has 0 aliphatic rings. The number of anilines is 1. The molecule has 1 aromatic heterocycles. The second-order valence-electron chi connectivity index (χ2n) is 3.97. The van der Waals surface area contributed by atoms with Crippen LogP contribution in [0.25, 0.3) is 0 Å². The fourth-order valence-electron chi connectivity index (χ4n) is 1.56. The van der Waals surface area contributed by atoms with Gasteiger partial charge in [0.1, 0.15) is 6.54 Å². The van der Waals surface area contributed by atoms with E-state index in [9.17, 15) is 4.79 Å². The first-order valence-electron chi connectivity index (χ1n) is 5.63. The summed E-state index contributed by atoms with van der Waals surface area (Å²) in [4.78, 5) is 11.8. The van der Waals surface area contributed by atoms with Gasteiger partial charge in [0.25, 0.3) is 0 Å². The van der Waals surface area contributed by atoms with E-state index in [0.29, 0.717) is 12.2 Å². The number of para-hydroxylation sites is 1. The Kier molecular flexibility index (Phi) is 3.69.